The lowest BCUT2D eigenvalue weighted by Crippen LogP contribution is -2.32. The van der Waals surface area contributed by atoms with E-state index in [9.17, 15) is 4.79 Å². The van der Waals surface area contributed by atoms with Gasteiger partial charge >= 0.3 is 6.03 Å². The minimum Gasteiger partial charge on any atom is -0.331 e. The molecule has 3 heteroatoms. The van der Waals surface area contributed by atoms with Crippen LogP contribution in [-0.4, -0.2) is 6.03 Å². The number of aryl methyl sites for hydroxylation is 2. The summed E-state index contributed by atoms with van der Waals surface area (Å²) in [5, 5.41) is 6.11. The van der Waals surface area contributed by atoms with Gasteiger partial charge in [-0.15, -0.1) is 0 Å². The van der Waals surface area contributed by atoms with Gasteiger partial charge in [0.1, 0.15) is 0 Å². The van der Waals surface area contributed by atoms with Gasteiger partial charge in [0.2, 0.25) is 0 Å². The molecule has 1 aliphatic rings. The number of benzene rings is 2. The van der Waals surface area contributed by atoms with Crippen molar-refractivity contribution >= 4 is 11.7 Å². The molecule has 3 rings (SSSR count). The largest absolute Gasteiger partial charge is 0.331 e. The third-order valence-electron chi connectivity index (χ3n) is 5.59. The van der Waals surface area contributed by atoms with E-state index in [4.69, 9.17) is 0 Å². The van der Waals surface area contributed by atoms with Crippen LogP contribution >= 0.6 is 0 Å². The van der Waals surface area contributed by atoms with E-state index < -0.39 is 0 Å². The fraction of sp³-hybridized carbons (Fsp3) is 0.435. The minimum atomic E-state index is -0.138. The lowest BCUT2D eigenvalue weighted by Gasteiger charge is -2.19. The van der Waals surface area contributed by atoms with E-state index >= 15 is 0 Å². The summed E-state index contributed by atoms with van der Waals surface area (Å²) in [6, 6.07) is 14.8. The zero-order valence-corrected chi connectivity index (χ0v) is 16.1. The lowest BCUT2D eigenvalue weighted by atomic mass is 9.95. The van der Waals surface area contributed by atoms with Crippen molar-refractivity contribution in [3.05, 3.63) is 64.7 Å². The molecule has 3 nitrogen and oxygen atoms in total. The first kappa shape index (κ1) is 18.5. The maximum Gasteiger partial charge on any atom is 0.319 e. The molecule has 2 amide bonds. The smallest absolute Gasteiger partial charge is 0.319 e. The molecule has 1 aliphatic carbocycles. The van der Waals surface area contributed by atoms with Gasteiger partial charge < -0.3 is 10.6 Å². The van der Waals surface area contributed by atoms with Crippen LogP contribution in [0.4, 0.5) is 10.5 Å². The Morgan fingerprint density at radius 1 is 0.962 bits per heavy atom. The van der Waals surface area contributed by atoms with Crippen molar-refractivity contribution in [3.8, 4) is 0 Å². The van der Waals surface area contributed by atoms with Crippen LogP contribution in [-0.2, 0) is 12.8 Å². The van der Waals surface area contributed by atoms with E-state index in [1.807, 2.05) is 6.07 Å². The monoisotopic (exact) mass is 350 g/mol. The Balaban J connectivity index is 1.63. The standard InChI is InChI=1S/C23H30N2O/c1-4-16(3)17-9-11-19(12-10-17)22(5-2)25-23(26)24-21-14-13-18-7-6-8-20(18)15-21/h9-16,22H,4-8H2,1-3H3,(H2,24,25,26)/t16-,22+/m0/s1. The average molecular weight is 351 g/mol. The number of carbonyl (C=O) groups excluding carboxylic acids is 1. The van der Waals surface area contributed by atoms with Crippen LogP contribution in [0.1, 0.15) is 74.2 Å². The van der Waals surface area contributed by atoms with Crippen LogP contribution in [0.5, 0.6) is 0 Å². The van der Waals surface area contributed by atoms with Crippen LogP contribution in [0.2, 0.25) is 0 Å². The first-order valence-corrected chi connectivity index (χ1v) is 9.89. The lowest BCUT2D eigenvalue weighted by molar-refractivity contribution is 0.248. The predicted octanol–water partition coefficient (Wildman–Crippen LogP) is 5.96. The highest BCUT2D eigenvalue weighted by Crippen LogP contribution is 2.25. The number of rotatable bonds is 6. The zero-order chi connectivity index (χ0) is 18.5. The van der Waals surface area contributed by atoms with Gasteiger partial charge in [0.15, 0.2) is 0 Å². The molecule has 0 radical (unpaired) electrons. The summed E-state index contributed by atoms with van der Waals surface area (Å²) in [7, 11) is 0. The van der Waals surface area contributed by atoms with Crippen LogP contribution in [0.3, 0.4) is 0 Å². The highest BCUT2D eigenvalue weighted by atomic mass is 16.2. The average Bonchev–Trinajstić information content (AvgIpc) is 3.13. The molecule has 0 saturated carbocycles. The van der Waals surface area contributed by atoms with Crippen molar-refractivity contribution in [1.29, 1.82) is 0 Å². The van der Waals surface area contributed by atoms with Gasteiger partial charge in [0.25, 0.3) is 0 Å². The van der Waals surface area contributed by atoms with Crippen LogP contribution in [0, 0.1) is 0 Å². The molecule has 0 aromatic heterocycles. The van der Waals surface area contributed by atoms with Crippen LogP contribution in [0.15, 0.2) is 42.5 Å². The summed E-state index contributed by atoms with van der Waals surface area (Å²) in [6.45, 7) is 6.55. The number of nitrogens with one attached hydrogen (secondary N) is 2. The summed E-state index contributed by atoms with van der Waals surface area (Å²) < 4.78 is 0. The van der Waals surface area contributed by atoms with Gasteiger partial charge in [-0.3, -0.25) is 0 Å². The Labute approximate surface area is 157 Å². The summed E-state index contributed by atoms with van der Waals surface area (Å²) in [6.07, 6.45) is 5.49. The Morgan fingerprint density at radius 3 is 2.35 bits per heavy atom. The van der Waals surface area contributed by atoms with Crippen molar-refractivity contribution in [3.63, 3.8) is 0 Å². The summed E-state index contributed by atoms with van der Waals surface area (Å²) in [4.78, 5) is 12.5. The molecular formula is C23H30N2O. The second-order valence-corrected chi connectivity index (χ2v) is 7.37. The molecule has 2 atom stereocenters. The normalized spacial score (nSPS) is 15.2. The highest BCUT2D eigenvalue weighted by Gasteiger charge is 2.15. The Morgan fingerprint density at radius 2 is 1.65 bits per heavy atom. The van der Waals surface area contributed by atoms with E-state index in [2.05, 4.69) is 67.8 Å². The maximum absolute atomic E-state index is 12.5. The van der Waals surface area contributed by atoms with Crippen molar-refractivity contribution in [2.75, 3.05) is 5.32 Å². The SMILES string of the molecule is CC[C@H](C)c1ccc([C@@H](CC)NC(=O)Nc2ccc3c(c2)CCC3)cc1. The van der Waals surface area contributed by atoms with Gasteiger partial charge in [0, 0.05) is 5.69 Å². The predicted molar refractivity (Wildman–Crippen MR) is 109 cm³/mol. The Hall–Kier alpha value is -2.29. The molecule has 0 unspecified atom stereocenters. The second-order valence-electron chi connectivity index (χ2n) is 7.37. The molecule has 0 bridgehead atoms. The van der Waals surface area contributed by atoms with E-state index in [0.717, 1.165) is 36.9 Å². The molecule has 138 valence electrons. The summed E-state index contributed by atoms with van der Waals surface area (Å²) in [5.41, 5.74) is 6.18. The highest BCUT2D eigenvalue weighted by molar-refractivity contribution is 5.89. The minimum absolute atomic E-state index is 0.0235. The van der Waals surface area contributed by atoms with Crippen molar-refractivity contribution < 1.29 is 4.79 Å². The van der Waals surface area contributed by atoms with Gasteiger partial charge in [-0.05, 0) is 72.4 Å². The number of urea groups is 1. The van der Waals surface area contributed by atoms with E-state index in [0.29, 0.717) is 5.92 Å². The molecule has 0 aliphatic heterocycles. The third kappa shape index (κ3) is 4.27. The molecule has 2 aromatic carbocycles. The molecule has 0 fully saturated rings. The number of carbonyl (C=O) groups is 1. The van der Waals surface area contributed by atoms with E-state index in [1.165, 1.54) is 23.1 Å². The molecule has 2 aromatic rings. The van der Waals surface area contributed by atoms with Crippen molar-refractivity contribution in [1.82, 2.24) is 5.32 Å². The number of hydrogen-bond donors (Lipinski definition) is 2. The molecule has 0 saturated heterocycles. The topological polar surface area (TPSA) is 41.1 Å². The number of amides is 2. The number of anilines is 1. The maximum atomic E-state index is 12.5. The molecule has 2 N–H and O–H groups in total. The van der Waals surface area contributed by atoms with Crippen LogP contribution < -0.4 is 10.6 Å². The van der Waals surface area contributed by atoms with Gasteiger partial charge in [-0.2, -0.15) is 0 Å². The number of hydrogen-bond acceptors (Lipinski definition) is 1. The molecule has 0 heterocycles. The number of fused-ring (bicyclic) bond motifs is 1. The van der Waals surface area contributed by atoms with Crippen LogP contribution in [0.25, 0.3) is 0 Å². The fourth-order valence-corrected chi connectivity index (χ4v) is 3.69. The quantitative estimate of drug-likeness (QED) is 0.663. The van der Waals surface area contributed by atoms with Crippen molar-refractivity contribution in [2.45, 2.75) is 64.8 Å². The van der Waals surface area contributed by atoms with E-state index in [1.54, 1.807) is 0 Å². The summed E-state index contributed by atoms with van der Waals surface area (Å²) in [5.74, 6) is 0.570. The summed E-state index contributed by atoms with van der Waals surface area (Å²) >= 11 is 0. The second kappa shape index (κ2) is 8.39. The van der Waals surface area contributed by atoms with Gasteiger partial charge in [-0.25, -0.2) is 4.79 Å². The molecule has 26 heavy (non-hydrogen) atoms. The van der Waals surface area contributed by atoms with Gasteiger partial charge in [-0.1, -0.05) is 51.1 Å². The van der Waals surface area contributed by atoms with Crippen molar-refractivity contribution in [2.24, 2.45) is 0 Å². The molecular weight excluding hydrogens is 320 g/mol. The van der Waals surface area contributed by atoms with Gasteiger partial charge in [0.05, 0.1) is 6.04 Å². The van der Waals surface area contributed by atoms with E-state index in [-0.39, 0.29) is 12.1 Å². The third-order valence-corrected chi connectivity index (χ3v) is 5.59. The first-order chi connectivity index (χ1) is 12.6. The first-order valence-electron chi connectivity index (χ1n) is 9.89. The Bertz CT molecular complexity index is 751. The molecule has 0 spiro atoms. The Kier molecular flexibility index (Phi) is 5.97. The zero-order valence-electron chi connectivity index (χ0n) is 16.1. The fourth-order valence-electron chi connectivity index (χ4n) is 3.69.